The van der Waals surface area contributed by atoms with Gasteiger partial charge in [0.15, 0.2) is 0 Å². The fraction of sp³-hybridized carbons (Fsp3) is 0.143. The van der Waals surface area contributed by atoms with Crippen LogP contribution in [-0.2, 0) is 4.74 Å². The molecule has 0 fully saturated rings. The molecule has 0 N–H and O–H groups in total. The third kappa shape index (κ3) is 2.18. The van der Waals surface area contributed by atoms with Crippen LogP contribution in [0, 0.1) is 6.92 Å². The molecular formula is C14H13NO2. The van der Waals surface area contributed by atoms with Gasteiger partial charge in [0.25, 0.3) is 0 Å². The molecule has 0 saturated heterocycles. The Balaban J connectivity index is 2.60. The molecule has 0 aliphatic carbocycles. The number of carbonyl (C=O) groups is 1. The maximum atomic E-state index is 11.7. The van der Waals surface area contributed by atoms with E-state index in [4.69, 9.17) is 4.74 Å². The first kappa shape index (κ1) is 11.3. The summed E-state index contributed by atoms with van der Waals surface area (Å²) in [5, 5.41) is 0. The highest BCUT2D eigenvalue weighted by molar-refractivity contribution is 5.97. The van der Waals surface area contributed by atoms with Crippen molar-refractivity contribution in [2.75, 3.05) is 7.11 Å². The summed E-state index contributed by atoms with van der Waals surface area (Å²) < 4.78 is 4.76. The molecule has 0 aliphatic heterocycles. The summed E-state index contributed by atoms with van der Waals surface area (Å²) in [5.41, 5.74) is 3.48. The molecule has 0 spiro atoms. The van der Waals surface area contributed by atoms with Gasteiger partial charge in [-0.15, -0.1) is 0 Å². The van der Waals surface area contributed by atoms with E-state index in [1.807, 2.05) is 37.3 Å². The molecule has 0 bridgehead atoms. The number of nitrogens with zero attached hydrogens (tertiary/aromatic N) is 1. The second kappa shape index (κ2) is 4.78. The maximum absolute atomic E-state index is 11.7. The summed E-state index contributed by atoms with van der Waals surface area (Å²) >= 11 is 0. The number of hydrogen-bond donors (Lipinski definition) is 0. The van der Waals surface area contributed by atoms with Gasteiger partial charge in [-0.1, -0.05) is 24.3 Å². The zero-order chi connectivity index (χ0) is 12.3. The first-order valence-electron chi connectivity index (χ1n) is 5.32. The van der Waals surface area contributed by atoms with Crippen LogP contribution in [0.4, 0.5) is 0 Å². The molecular weight excluding hydrogens is 214 g/mol. The third-order valence-electron chi connectivity index (χ3n) is 2.66. The van der Waals surface area contributed by atoms with Crippen LogP contribution in [-0.4, -0.2) is 18.1 Å². The van der Waals surface area contributed by atoms with Crippen LogP contribution >= 0.6 is 0 Å². The third-order valence-corrected chi connectivity index (χ3v) is 2.66. The van der Waals surface area contributed by atoms with E-state index < -0.39 is 0 Å². The number of carbonyl (C=O) groups excluding carboxylic acids is 1. The number of pyridine rings is 1. The smallest absolute Gasteiger partial charge is 0.340 e. The second-order valence-electron chi connectivity index (χ2n) is 3.73. The lowest BCUT2D eigenvalue weighted by Gasteiger charge is -2.09. The van der Waals surface area contributed by atoms with Crippen LogP contribution in [0.15, 0.2) is 42.7 Å². The van der Waals surface area contributed by atoms with Crippen molar-refractivity contribution in [3.05, 3.63) is 53.9 Å². The number of rotatable bonds is 2. The number of benzene rings is 1. The molecule has 1 aromatic heterocycles. The summed E-state index contributed by atoms with van der Waals surface area (Å²) in [4.78, 5) is 15.6. The Morgan fingerprint density at radius 3 is 2.65 bits per heavy atom. The lowest BCUT2D eigenvalue weighted by atomic mass is 9.98. The molecule has 1 aromatic carbocycles. The minimum Gasteiger partial charge on any atom is -0.465 e. The Morgan fingerprint density at radius 2 is 1.94 bits per heavy atom. The van der Waals surface area contributed by atoms with Gasteiger partial charge in [0, 0.05) is 12.4 Å². The van der Waals surface area contributed by atoms with Crippen LogP contribution in [0.2, 0.25) is 0 Å². The molecule has 3 heteroatoms. The highest BCUT2D eigenvalue weighted by Crippen LogP contribution is 2.26. The Kier molecular flexibility index (Phi) is 3.19. The Morgan fingerprint density at radius 1 is 1.18 bits per heavy atom. The van der Waals surface area contributed by atoms with Crippen LogP contribution in [0.25, 0.3) is 11.1 Å². The summed E-state index contributed by atoms with van der Waals surface area (Å²) in [6.07, 6.45) is 3.21. The molecule has 0 aliphatic rings. The summed E-state index contributed by atoms with van der Waals surface area (Å²) in [5.74, 6) is -0.364. The molecule has 3 nitrogen and oxygen atoms in total. The molecule has 0 unspecified atom stereocenters. The predicted molar refractivity (Wildman–Crippen MR) is 65.7 cm³/mol. The van der Waals surface area contributed by atoms with E-state index in [1.165, 1.54) is 13.3 Å². The van der Waals surface area contributed by atoms with Crippen molar-refractivity contribution in [2.45, 2.75) is 6.92 Å². The van der Waals surface area contributed by atoms with Crippen LogP contribution in [0.3, 0.4) is 0 Å². The van der Waals surface area contributed by atoms with Gasteiger partial charge in [-0.2, -0.15) is 0 Å². The highest BCUT2D eigenvalue weighted by Gasteiger charge is 2.13. The first-order chi connectivity index (χ1) is 8.24. The number of aryl methyl sites for hydroxylation is 1. The average molecular weight is 227 g/mol. The lowest BCUT2D eigenvalue weighted by Crippen LogP contribution is -2.04. The first-order valence-corrected chi connectivity index (χ1v) is 5.32. The number of ether oxygens (including phenoxy) is 1. The minimum atomic E-state index is -0.364. The number of methoxy groups -OCH3 is 1. The monoisotopic (exact) mass is 227 g/mol. The van der Waals surface area contributed by atoms with E-state index in [0.717, 1.165) is 16.7 Å². The molecule has 0 atom stereocenters. The molecule has 0 amide bonds. The van der Waals surface area contributed by atoms with Crippen molar-refractivity contribution in [2.24, 2.45) is 0 Å². The van der Waals surface area contributed by atoms with E-state index in [9.17, 15) is 4.79 Å². The maximum Gasteiger partial charge on any atom is 0.340 e. The van der Waals surface area contributed by atoms with E-state index in [2.05, 4.69) is 4.98 Å². The van der Waals surface area contributed by atoms with Gasteiger partial charge in [-0.3, -0.25) is 4.98 Å². The van der Waals surface area contributed by atoms with Gasteiger partial charge in [-0.25, -0.2) is 4.79 Å². The predicted octanol–water partition coefficient (Wildman–Crippen LogP) is 2.84. The quantitative estimate of drug-likeness (QED) is 0.740. The largest absolute Gasteiger partial charge is 0.465 e. The Labute approximate surface area is 100 Å². The van der Waals surface area contributed by atoms with Crippen molar-refractivity contribution >= 4 is 5.97 Å². The summed E-state index contributed by atoms with van der Waals surface area (Å²) in [6, 6.07) is 9.74. The summed E-state index contributed by atoms with van der Waals surface area (Å²) in [7, 11) is 1.37. The Hall–Kier alpha value is -2.16. The van der Waals surface area contributed by atoms with E-state index in [-0.39, 0.29) is 5.97 Å². The SMILES string of the molecule is COC(=O)c1cnccc1-c1ccccc1C. The van der Waals surface area contributed by atoms with Gasteiger partial charge >= 0.3 is 5.97 Å². The van der Waals surface area contributed by atoms with Gasteiger partial charge < -0.3 is 4.74 Å². The van der Waals surface area contributed by atoms with E-state index in [0.29, 0.717) is 5.56 Å². The standard InChI is InChI=1S/C14H13NO2/c1-10-5-3-4-6-11(10)12-7-8-15-9-13(12)14(16)17-2/h3-9H,1-2H3. The molecule has 1 heterocycles. The number of aromatic nitrogens is 1. The second-order valence-corrected chi connectivity index (χ2v) is 3.73. The average Bonchev–Trinajstić information content (AvgIpc) is 2.38. The van der Waals surface area contributed by atoms with Gasteiger partial charge in [0.1, 0.15) is 0 Å². The molecule has 0 radical (unpaired) electrons. The molecule has 17 heavy (non-hydrogen) atoms. The minimum absolute atomic E-state index is 0.364. The fourth-order valence-electron chi connectivity index (χ4n) is 1.78. The lowest BCUT2D eigenvalue weighted by molar-refractivity contribution is 0.0601. The molecule has 86 valence electrons. The number of esters is 1. The van der Waals surface area contributed by atoms with Gasteiger partial charge in [0.05, 0.1) is 12.7 Å². The summed E-state index contributed by atoms with van der Waals surface area (Å²) in [6.45, 7) is 2.01. The topological polar surface area (TPSA) is 39.2 Å². The fourth-order valence-corrected chi connectivity index (χ4v) is 1.78. The highest BCUT2D eigenvalue weighted by atomic mass is 16.5. The normalized spacial score (nSPS) is 10.0. The van der Waals surface area contributed by atoms with E-state index >= 15 is 0 Å². The zero-order valence-electron chi connectivity index (χ0n) is 9.81. The molecule has 2 rings (SSSR count). The molecule has 2 aromatic rings. The molecule has 0 saturated carbocycles. The van der Waals surface area contributed by atoms with Crippen molar-refractivity contribution in [1.82, 2.24) is 4.98 Å². The van der Waals surface area contributed by atoms with Gasteiger partial charge in [0.2, 0.25) is 0 Å². The van der Waals surface area contributed by atoms with Crippen LogP contribution < -0.4 is 0 Å². The van der Waals surface area contributed by atoms with Crippen molar-refractivity contribution in [3.63, 3.8) is 0 Å². The van der Waals surface area contributed by atoms with E-state index in [1.54, 1.807) is 6.20 Å². The Bertz CT molecular complexity index is 549. The zero-order valence-corrected chi connectivity index (χ0v) is 9.81. The van der Waals surface area contributed by atoms with Crippen LogP contribution in [0.1, 0.15) is 15.9 Å². The van der Waals surface area contributed by atoms with Crippen molar-refractivity contribution in [3.8, 4) is 11.1 Å². The van der Waals surface area contributed by atoms with Gasteiger partial charge in [-0.05, 0) is 29.7 Å². The van der Waals surface area contributed by atoms with Crippen molar-refractivity contribution < 1.29 is 9.53 Å². The van der Waals surface area contributed by atoms with Crippen LogP contribution in [0.5, 0.6) is 0 Å². The van der Waals surface area contributed by atoms with Crippen molar-refractivity contribution in [1.29, 1.82) is 0 Å². The number of hydrogen-bond acceptors (Lipinski definition) is 3.